The van der Waals surface area contributed by atoms with Crippen LogP contribution in [0.5, 0.6) is 0 Å². The standard InChI is InChI=1S/C17H20N6O2/c1-25-9-11(7-18)21-14-8-20-16(17(19)24)15(23-14)13-6-10-4-2-3-5-12(10)22-13/h2-6,8,11,22H,7,9,18H2,1H3,(H2,19,24)(H,21,23). The Kier molecular flexibility index (Phi) is 4.92. The number of hydrogen-bond donors (Lipinski definition) is 4. The largest absolute Gasteiger partial charge is 0.383 e. The monoisotopic (exact) mass is 340 g/mol. The summed E-state index contributed by atoms with van der Waals surface area (Å²) in [6, 6.07) is 9.58. The number of aromatic amines is 1. The minimum atomic E-state index is -0.639. The molecule has 0 saturated carbocycles. The van der Waals surface area contributed by atoms with Crippen molar-refractivity contribution < 1.29 is 9.53 Å². The molecule has 3 aromatic rings. The molecular formula is C17H20N6O2. The fourth-order valence-corrected chi connectivity index (χ4v) is 2.61. The summed E-state index contributed by atoms with van der Waals surface area (Å²) in [6.45, 7) is 0.798. The van der Waals surface area contributed by atoms with E-state index in [0.29, 0.717) is 30.4 Å². The van der Waals surface area contributed by atoms with Gasteiger partial charge in [-0.1, -0.05) is 18.2 Å². The van der Waals surface area contributed by atoms with Gasteiger partial charge in [0.05, 0.1) is 24.5 Å². The van der Waals surface area contributed by atoms with Crippen LogP contribution in [0.1, 0.15) is 10.5 Å². The second kappa shape index (κ2) is 7.29. The molecule has 0 aliphatic carbocycles. The van der Waals surface area contributed by atoms with Crippen molar-refractivity contribution in [2.45, 2.75) is 6.04 Å². The van der Waals surface area contributed by atoms with E-state index in [1.54, 1.807) is 7.11 Å². The van der Waals surface area contributed by atoms with Crippen LogP contribution in [-0.2, 0) is 4.74 Å². The number of nitrogens with one attached hydrogen (secondary N) is 2. The van der Waals surface area contributed by atoms with Crippen molar-refractivity contribution in [2.75, 3.05) is 25.6 Å². The molecule has 0 aliphatic heterocycles. The van der Waals surface area contributed by atoms with E-state index in [-0.39, 0.29) is 11.7 Å². The maximum Gasteiger partial charge on any atom is 0.269 e. The lowest BCUT2D eigenvalue weighted by Gasteiger charge is -2.17. The molecule has 6 N–H and O–H groups in total. The second-order valence-corrected chi connectivity index (χ2v) is 5.62. The number of para-hydroxylation sites is 1. The molecule has 1 amide bonds. The summed E-state index contributed by atoms with van der Waals surface area (Å²) in [6.07, 6.45) is 1.46. The summed E-state index contributed by atoms with van der Waals surface area (Å²) in [5.41, 5.74) is 13.3. The molecule has 8 nitrogen and oxygen atoms in total. The van der Waals surface area contributed by atoms with E-state index in [4.69, 9.17) is 16.2 Å². The Hall–Kier alpha value is -2.97. The van der Waals surface area contributed by atoms with Gasteiger partial charge in [-0.15, -0.1) is 0 Å². The van der Waals surface area contributed by atoms with Crippen molar-refractivity contribution in [1.82, 2.24) is 15.0 Å². The highest BCUT2D eigenvalue weighted by atomic mass is 16.5. The number of anilines is 1. The van der Waals surface area contributed by atoms with Gasteiger partial charge in [0.2, 0.25) is 0 Å². The number of fused-ring (bicyclic) bond motifs is 1. The van der Waals surface area contributed by atoms with Crippen LogP contribution in [0.15, 0.2) is 36.5 Å². The molecule has 1 aromatic carbocycles. The number of H-pyrrole nitrogens is 1. The van der Waals surface area contributed by atoms with Crippen LogP contribution in [0, 0.1) is 0 Å². The number of carbonyl (C=O) groups is 1. The van der Waals surface area contributed by atoms with Gasteiger partial charge in [0.15, 0.2) is 5.69 Å². The fourth-order valence-electron chi connectivity index (χ4n) is 2.61. The molecule has 2 heterocycles. The van der Waals surface area contributed by atoms with Crippen molar-refractivity contribution in [2.24, 2.45) is 11.5 Å². The summed E-state index contributed by atoms with van der Waals surface area (Å²) in [5, 5.41) is 4.16. The van der Waals surface area contributed by atoms with Crippen LogP contribution >= 0.6 is 0 Å². The number of rotatable bonds is 7. The van der Waals surface area contributed by atoms with Crippen molar-refractivity contribution in [3.05, 3.63) is 42.2 Å². The van der Waals surface area contributed by atoms with Crippen molar-refractivity contribution in [3.8, 4) is 11.4 Å². The van der Waals surface area contributed by atoms with E-state index in [1.807, 2.05) is 30.3 Å². The highest BCUT2D eigenvalue weighted by molar-refractivity contribution is 5.98. The molecule has 0 fully saturated rings. The van der Waals surface area contributed by atoms with Gasteiger partial charge in [-0.3, -0.25) is 4.79 Å². The van der Waals surface area contributed by atoms with Crippen LogP contribution in [0.25, 0.3) is 22.3 Å². The number of amides is 1. The number of hydrogen-bond acceptors (Lipinski definition) is 6. The molecule has 2 aromatic heterocycles. The smallest absolute Gasteiger partial charge is 0.269 e. The van der Waals surface area contributed by atoms with Crippen molar-refractivity contribution >= 4 is 22.6 Å². The quantitative estimate of drug-likeness (QED) is 0.509. The minimum absolute atomic E-state index is 0.105. The Morgan fingerprint density at radius 3 is 2.88 bits per heavy atom. The van der Waals surface area contributed by atoms with Crippen molar-refractivity contribution in [3.63, 3.8) is 0 Å². The summed E-state index contributed by atoms with van der Waals surface area (Å²) in [5.74, 6) is -0.147. The van der Waals surface area contributed by atoms with Gasteiger partial charge in [-0.25, -0.2) is 9.97 Å². The lowest BCUT2D eigenvalue weighted by Crippen LogP contribution is -2.33. The van der Waals surface area contributed by atoms with Gasteiger partial charge in [-0.2, -0.15) is 0 Å². The third-order valence-electron chi connectivity index (χ3n) is 3.80. The van der Waals surface area contributed by atoms with Gasteiger partial charge in [0, 0.05) is 24.6 Å². The van der Waals surface area contributed by atoms with Gasteiger partial charge < -0.3 is 26.5 Å². The maximum atomic E-state index is 11.7. The summed E-state index contributed by atoms with van der Waals surface area (Å²) < 4.78 is 5.11. The Balaban J connectivity index is 2.03. The molecule has 0 spiro atoms. The predicted octanol–water partition coefficient (Wildman–Crippen LogP) is 1.11. The number of benzene rings is 1. The SMILES string of the molecule is COCC(CN)Nc1cnc(C(N)=O)c(-c2cc3ccccc3[nH]2)n1. The zero-order valence-corrected chi connectivity index (χ0v) is 13.8. The van der Waals surface area contributed by atoms with Gasteiger partial charge in [0.1, 0.15) is 11.5 Å². The normalized spacial score (nSPS) is 12.2. The molecule has 8 heteroatoms. The highest BCUT2D eigenvalue weighted by Crippen LogP contribution is 2.25. The second-order valence-electron chi connectivity index (χ2n) is 5.62. The first-order valence-corrected chi connectivity index (χ1v) is 7.83. The first-order chi connectivity index (χ1) is 12.1. The van der Waals surface area contributed by atoms with Gasteiger partial charge >= 0.3 is 0 Å². The topological polar surface area (TPSA) is 132 Å². The van der Waals surface area contributed by atoms with Crippen LogP contribution in [0.3, 0.4) is 0 Å². The molecule has 0 saturated heterocycles. The number of aromatic nitrogens is 3. The third-order valence-corrected chi connectivity index (χ3v) is 3.80. The zero-order chi connectivity index (χ0) is 17.8. The summed E-state index contributed by atoms with van der Waals surface area (Å²) in [4.78, 5) is 23.7. The molecule has 1 unspecified atom stereocenters. The highest BCUT2D eigenvalue weighted by Gasteiger charge is 2.17. The van der Waals surface area contributed by atoms with Crippen LogP contribution in [0.2, 0.25) is 0 Å². The number of nitrogens with zero attached hydrogens (tertiary/aromatic N) is 2. The van der Waals surface area contributed by atoms with E-state index in [1.165, 1.54) is 6.20 Å². The zero-order valence-electron chi connectivity index (χ0n) is 13.8. The predicted molar refractivity (Wildman–Crippen MR) is 96.2 cm³/mol. The Bertz CT molecular complexity index is 859. The molecular weight excluding hydrogens is 320 g/mol. The van der Waals surface area contributed by atoms with Crippen LogP contribution < -0.4 is 16.8 Å². The summed E-state index contributed by atoms with van der Waals surface area (Å²) in [7, 11) is 1.60. The first-order valence-electron chi connectivity index (χ1n) is 7.83. The van der Waals surface area contributed by atoms with Crippen LogP contribution in [-0.4, -0.2) is 47.2 Å². The van der Waals surface area contributed by atoms with Crippen molar-refractivity contribution in [1.29, 1.82) is 0 Å². The molecule has 0 aliphatic rings. The lowest BCUT2D eigenvalue weighted by atomic mass is 10.2. The Morgan fingerprint density at radius 2 is 2.20 bits per heavy atom. The van der Waals surface area contributed by atoms with E-state index < -0.39 is 5.91 Å². The number of methoxy groups -OCH3 is 1. The molecule has 1 atom stereocenters. The number of ether oxygens (including phenoxy) is 1. The van der Waals surface area contributed by atoms with Gasteiger partial charge in [0.25, 0.3) is 5.91 Å². The van der Waals surface area contributed by atoms with E-state index in [2.05, 4.69) is 20.3 Å². The third kappa shape index (κ3) is 3.59. The van der Waals surface area contributed by atoms with Crippen LogP contribution in [0.4, 0.5) is 5.82 Å². The lowest BCUT2D eigenvalue weighted by molar-refractivity contribution is 0.0996. The average Bonchev–Trinajstić information content (AvgIpc) is 3.05. The summed E-state index contributed by atoms with van der Waals surface area (Å²) >= 11 is 0. The maximum absolute atomic E-state index is 11.7. The average molecular weight is 340 g/mol. The molecule has 25 heavy (non-hydrogen) atoms. The fraction of sp³-hybridized carbons (Fsp3) is 0.235. The number of carbonyl (C=O) groups excluding carboxylic acids is 1. The Morgan fingerprint density at radius 1 is 1.40 bits per heavy atom. The van der Waals surface area contributed by atoms with Gasteiger partial charge in [-0.05, 0) is 12.1 Å². The first kappa shape index (κ1) is 16.9. The van der Waals surface area contributed by atoms with E-state index in [0.717, 1.165) is 10.9 Å². The van der Waals surface area contributed by atoms with E-state index in [9.17, 15) is 4.79 Å². The molecule has 0 bridgehead atoms. The minimum Gasteiger partial charge on any atom is -0.383 e. The Labute approximate surface area is 144 Å². The number of nitrogens with two attached hydrogens (primary N) is 2. The molecule has 0 radical (unpaired) electrons. The molecule has 3 rings (SSSR count). The molecule has 130 valence electrons. The number of primary amides is 1. The van der Waals surface area contributed by atoms with E-state index >= 15 is 0 Å².